The number of carbonyl (C=O) groups is 1. The molecule has 0 saturated carbocycles. The van der Waals surface area contributed by atoms with Crippen molar-refractivity contribution in [1.82, 2.24) is 15.1 Å². The zero-order valence-electron chi connectivity index (χ0n) is 10.8. The van der Waals surface area contributed by atoms with Gasteiger partial charge < -0.3 is 10.2 Å². The third kappa shape index (κ3) is 5.32. The number of alkyl halides is 4. The van der Waals surface area contributed by atoms with Crippen LogP contribution in [0, 0.1) is 0 Å². The summed E-state index contributed by atoms with van der Waals surface area (Å²) in [5.41, 5.74) is 0. The number of nitrogens with one attached hydrogen (secondary N) is 1. The Labute approximate surface area is 109 Å². The average Bonchev–Trinajstić information content (AvgIpc) is 2.37. The molecule has 1 aliphatic rings. The van der Waals surface area contributed by atoms with Crippen molar-refractivity contribution in [2.75, 3.05) is 46.3 Å². The predicted molar refractivity (Wildman–Crippen MR) is 62.5 cm³/mol. The van der Waals surface area contributed by atoms with Gasteiger partial charge in [-0.2, -0.15) is 8.78 Å². The lowest BCUT2D eigenvalue weighted by molar-refractivity contribution is -0.145. The zero-order valence-corrected chi connectivity index (χ0v) is 10.8. The lowest BCUT2D eigenvalue weighted by Gasteiger charge is -2.36. The summed E-state index contributed by atoms with van der Waals surface area (Å²) < 4.78 is 49.9. The van der Waals surface area contributed by atoms with Crippen LogP contribution in [0.3, 0.4) is 0 Å². The highest BCUT2D eigenvalue weighted by Gasteiger charge is 2.42. The molecule has 0 radical (unpaired) electrons. The summed E-state index contributed by atoms with van der Waals surface area (Å²) in [7, 11) is 1.55. The van der Waals surface area contributed by atoms with Crippen LogP contribution in [0.4, 0.5) is 17.6 Å². The van der Waals surface area contributed by atoms with Crippen LogP contribution in [-0.2, 0) is 4.79 Å². The first-order chi connectivity index (χ1) is 8.85. The van der Waals surface area contributed by atoms with E-state index >= 15 is 0 Å². The van der Waals surface area contributed by atoms with E-state index < -0.39 is 18.9 Å². The molecule has 0 bridgehead atoms. The van der Waals surface area contributed by atoms with E-state index in [2.05, 4.69) is 5.32 Å². The molecular formula is C11H19F4N3O. The minimum Gasteiger partial charge on any atom is -0.359 e. The van der Waals surface area contributed by atoms with E-state index in [4.69, 9.17) is 0 Å². The molecule has 4 nitrogen and oxygen atoms in total. The first-order valence-corrected chi connectivity index (χ1v) is 6.16. The van der Waals surface area contributed by atoms with Crippen LogP contribution in [0.2, 0.25) is 0 Å². The lowest BCUT2D eigenvalue weighted by Crippen LogP contribution is -2.51. The molecule has 0 aromatic heterocycles. The molecule has 0 atom stereocenters. The van der Waals surface area contributed by atoms with E-state index in [0.29, 0.717) is 39.1 Å². The molecule has 1 aliphatic heterocycles. The van der Waals surface area contributed by atoms with Crippen molar-refractivity contribution in [2.45, 2.75) is 18.8 Å². The number of rotatable bonds is 6. The number of hydrogen-bond acceptors (Lipinski definition) is 3. The van der Waals surface area contributed by atoms with Gasteiger partial charge in [0.15, 0.2) is 0 Å². The second-order valence-electron chi connectivity index (χ2n) is 4.60. The number of nitrogens with zero attached hydrogens (tertiary/aromatic N) is 2. The summed E-state index contributed by atoms with van der Waals surface area (Å²) in [6.45, 7) is 1.30. The molecular weight excluding hydrogens is 266 g/mol. The molecule has 19 heavy (non-hydrogen) atoms. The monoisotopic (exact) mass is 285 g/mol. The highest BCUT2D eigenvalue weighted by molar-refractivity contribution is 5.75. The van der Waals surface area contributed by atoms with Crippen LogP contribution in [0.25, 0.3) is 0 Å². The number of piperazine rings is 1. The Morgan fingerprint density at radius 1 is 1.21 bits per heavy atom. The predicted octanol–water partition coefficient (Wildman–Crippen LogP) is 0.640. The molecule has 1 saturated heterocycles. The van der Waals surface area contributed by atoms with E-state index in [1.165, 1.54) is 4.90 Å². The fourth-order valence-corrected chi connectivity index (χ4v) is 1.92. The van der Waals surface area contributed by atoms with Gasteiger partial charge in [-0.15, -0.1) is 0 Å². The highest BCUT2D eigenvalue weighted by atomic mass is 19.3. The number of amides is 1. The first kappa shape index (κ1) is 16.2. The Balaban J connectivity index is 2.27. The second-order valence-corrected chi connectivity index (χ2v) is 4.60. The summed E-state index contributed by atoms with van der Waals surface area (Å²) >= 11 is 0. The smallest absolute Gasteiger partial charge is 0.319 e. The summed E-state index contributed by atoms with van der Waals surface area (Å²) in [6.07, 6.45) is -3.28. The van der Waals surface area contributed by atoms with E-state index in [-0.39, 0.29) is 5.91 Å². The molecule has 1 rings (SSSR count). The topological polar surface area (TPSA) is 35.6 Å². The molecule has 0 unspecified atom stereocenters. The van der Waals surface area contributed by atoms with Crippen LogP contribution in [-0.4, -0.2) is 74.4 Å². The molecule has 0 spiro atoms. The molecule has 1 amide bonds. The SMILES string of the molecule is CNC(=O)CCN1CCN(CC(F)(F)C(F)F)CC1. The van der Waals surface area contributed by atoms with Crippen LogP contribution in [0.15, 0.2) is 0 Å². The molecule has 1 heterocycles. The van der Waals surface area contributed by atoms with E-state index in [9.17, 15) is 22.4 Å². The van der Waals surface area contributed by atoms with Crippen LogP contribution in [0.5, 0.6) is 0 Å². The fraction of sp³-hybridized carbons (Fsp3) is 0.909. The maximum atomic E-state index is 12.9. The van der Waals surface area contributed by atoms with E-state index in [1.54, 1.807) is 7.05 Å². The lowest BCUT2D eigenvalue weighted by atomic mass is 10.2. The Morgan fingerprint density at radius 3 is 2.21 bits per heavy atom. The van der Waals surface area contributed by atoms with Gasteiger partial charge in [0.1, 0.15) is 0 Å². The van der Waals surface area contributed by atoms with Gasteiger partial charge in [0.25, 0.3) is 0 Å². The molecule has 0 aliphatic carbocycles. The van der Waals surface area contributed by atoms with Crippen molar-refractivity contribution >= 4 is 5.91 Å². The maximum absolute atomic E-state index is 12.9. The van der Waals surface area contributed by atoms with Crippen molar-refractivity contribution in [2.24, 2.45) is 0 Å². The highest BCUT2D eigenvalue weighted by Crippen LogP contribution is 2.24. The zero-order chi connectivity index (χ0) is 14.5. The van der Waals surface area contributed by atoms with Crippen molar-refractivity contribution in [1.29, 1.82) is 0 Å². The maximum Gasteiger partial charge on any atom is 0.319 e. The third-order valence-electron chi connectivity index (χ3n) is 3.15. The van der Waals surface area contributed by atoms with E-state index in [1.807, 2.05) is 4.90 Å². The average molecular weight is 285 g/mol. The van der Waals surface area contributed by atoms with Gasteiger partial charge in [0.05, 0.1) is 6.54 Å². The van der Waals surface area contributed by atoms with Gasteiger partial charge in [-0.05, 0) is 0 Å². The Bertz CT molecular complexity index is 294. The molecule has 0 aromatic carbocycles. The van der Waals surface area contributed by atoms with Gasteiger partial charge in [0.2, 0.25) is 5.91 Å². The van der Waals surface area contributed by atoms with Crippen molar-refractivity contribution in [3.8, 4) is 0 Å². The van der Waals surface area contributed by atoms with Crippen LogP contribution < -0.4 is 5.32 Å². The molecule has 1 fully saturated rings. The number of hydrogen-bond donors (Lipinski definition) is 1. The standard InChI is InChI=1S/C11H19F4N3O/c1-16-9(19)2-3-17-4-6-18(7-5-17)8-11(14,15)10(12)13/h10H,2-8H2,1H3,(H,16,19). The first-order valence-electron chi connectivity index (χ1n) is 6.16. The number of carbonyl (C=O) groups excluding carboxylic acids is 1. The molecule has 112 valence electrons. The Kier molecular flexibility index (Phi) is 5.99. The van der Waals surface area contributed by atoms with Gasteiger partial charge in [0, 0.05) is 46.2 Å². The largest absolute Gasteiger partial charge is 0.359 e. The third-order valence-corrected chi connectivity index (χ3v) is 3.15. The normalized spacial score (nSPS) is 18.8. The quantitative estimate of drug-likeness (QED) is 0.728. The van der Waals surface area contributed by atoms with Crippen LogP contribution >= 0.6 is 0 Å². The summed E-state index contributed by atoms with van der Waals surface area (Å²) in [5, 5.41) is 2.50. The summed E-state index contributed by atoms with van der Waals surface area (Å²) in [4.78, 5) is 14.4. The Morgan fingerprint density at radius 2 is 1.74 bits per heavy atom. The molecule has 8 heteroatoms. The fourth-order valence-electron chi connectivity index (χ4n) is 1.92. The second kappa shape index (κ2) is 7.04. The number of halogens is 4. The summed E-state index contributed by atoms with van der Waals surface area (Å²) in [6, 6.07) is 0. The van der Waals surface area contributed by atoms with Gasteiger partial charge in [-0.1, -0.05) is 0 Å². The van der Waals surface area contributed by atoms with Crippen molar-refractivity contribution in [3.05, 3.63) is 0 Å². The molecule has 0 aromatic rings. The van der Waals surface area contributed by atoms with Crippen molar-refractivity contribution < 1.29 is 22.4 Å². The Hall–Kier alpha value is -0.890. The van der Waals surface area contributed by atoms with Crippen LogP contribution in [0.1, 0.15) is 6.42 Å². The van der Waals surface area contributed by atoms with Gasteiger partial charge >= 0.3 is 12.3 Å². The minimum atomic E-state index is -3.95. The molecule has 1 N–H and O–H groups in total. The summed E-state index contributed by atoms with van der Waals surface area (Å²) in [5.74, 6) is -4.03. The minimum absolute atomic E-state index is 0.0772. The van der Waals surface area contributed by atoms with Gasteiger partial charge in [-0.3, -0.25) is 9.69 Å². The van der Waals surface area contributed by atoms with E-state index in [0.717, 1.165) is 0 Å². The van der Waals surface area contributed by atoms with Crippen molar-refractivity contribution in [3.63, 3.8) is 0 Å². The van der Waals surface area contributed by atoms with Gasteiger partial charge in [-0.25, -0.2) is 8.78 Å².